The molecule has 1 aromatic heterocycles. The molecule has 0 unspecified atom stereocenters. The molecule has 0 aromatic carbocycles. The number of aryl methyl sites for hydroxylation is 1. The maximum Gasteiger partial charge on any atom is 0.351 e. The quantitative estimate of drug-likeness (QED) is 0.568. The van der Waals surface area contributed by atoms with E-state index >= 15 is 0 Å². The number of carbonyl (C=O) groups is 1. The van der Waals surface area contributed by atoms with Crippen LogP contribution in [0, 0.1) is 6.92 Å². The van der Waals surface area contributed by atoms with E-state index in [4.69, 9.17) is 4.74 Å². The van der Waals surface area contributed by atoms with Gasteiger partial charge < -0.3 is 9.47 Å². The van der Waals surface area contributed by atoms with E-state index in [0.29, 0.717) is 17.2 Å². The molecular formula is C10H12O3S. The molecule has 0 fully saturated rings. The Balaban J connectivity index is 2.90. The van der Waals surface area contributed by atoms with Crippen molar-refractivity contribution in [3.63, 3.8) is 0 Å². The first-order valence-electron chi connectivity index (χ1n) is 4.11. The zero-order valence-electron chi connectivity index (χ0n) is 8.20. The summed E-state index contributed by atoms with van der Waals surface area (Å²) in [5.74, 6) is 0.210. The molecule has 0 saturated carbocycles. The summed E-state index contributed by atoms with van der Waals surface area (Å²) < 4.78 is 9.96. The zero-order valence-corrected chi connectivity index (χ0v) is 9.02. The first kappa shape index (κ1) is 10.8. The molecule has 0 amide bonds. The third-order valence-corrected chi connectivity index (χ3v) is 2.56. The minimum absolute atomic E-state index is 0.359. The van der Waals surface area contributed by atoms with Gasteiger partial charge in [0.2, 0.25) is 0 Å². The molecule has 0 N–H and O–H groups in total. The fourth-order valence-electron chi connectivity index (χ4n) is 0.982. The van der Waals surface area contributed by atoms with Gasteiger partial charge in [0.05, 0.1) is 7.11 Å². The van der Waals surface area contributed by atoms with Crippen LogP contribution < -0.4 is 4.74 Å². The second-order valence-corrected chi connectivity index (χ2v) is 3.90. The van der Waals surface area contributed by atoms with E-state index < -0.39 is 0 Å². The van der Waals surface area contributed by atoms with Gasteiger partial charge in [-0.2, -0.15) is 0 Å². The molecule has 3 nitrogen and oxygen atoms in total. The Morgan fingerprint density at radius 3 is 3.00 bits per heavy atom. The van der Waals surface area contributed by atoms with Crippen molar-refractivity contribution in [3.8, 4) is 5.75 Å². The van der Waals surface area contributed by atoms with Crippen LogP contribution in [-0.2, 0) is 4.74 Å². The predicted molar refractivity (Wildman–Crippen MR) is 56.1 cm³/mol. The molecule has 0 saturated heterocycles. The standard InChI is InChI=1S/C10H12O3S/c1-4-5-13-8-6-7(2)14-9(8)10(11)12-3/h4,6H,1,5H2,2-3H3. The average Bonchev–Trinajstić information content (AvgIpc) is 2.55. The van der Waals surface area contributed by atoms with Crippen molar-refractivity contribution in [2.45, 2.75) is 6.92 Å². The molecule has 1 rings (SSSR count). The lowest BCUT2D eigenvalue weighted by molar-refractivity contribution is 0.0602. The lowest BCUT2D eigenvalue weighted by Crippen LogP contribution is -2.02. The summed E-state index contributed by atoms with van der Waals surface area (Å²) in [6.07, 6.45) is 1.63. The monoisotopic (exact) mass is 212 g/mol. The third kappa shape index (κ3) is 2.35. The van der Waals surface area contributed by atoms with Gasteiger partial charge in [-0.1, -0.05) is 12.7 Å². The van der Waals surface area contributed by atoms with Crippen molar-refractivity contribution >= 4 is 17.3 Å². The van der Waals surface area contributed by atoms with Crippen molar-refractivity contribution in [2.24, 2.45) is 0 Å². The number of ether oxygens (including phenoxy) is 2. The summed E-state index contributed by atoms with van der Waals surface area (Å²) >= 11 is 1.36. The first-order valence-corrected chi connectivity index (χ1v) is 4.93. The number of hydrogen-bond acceptors (Lipinski definition) is 4. The smallest absolute Gasteiger partial charge is 0.351 e. The summed E-state index contributed by atoms with van der Waals surface area (Å²) in [6, 6.07) is 1.82. The average molecular weight is 212 g/mol. The zero-order chi connectivity index (χ0) is 10.6. The van der Waals surface area contributed by atoms with Gasteiger partial charge in [-0.05, 0) is 13.0 Å². The SMILES string of the molecule is C=CCOc1cc(C)sc1C(=O)OC. The van der Waals surface area contributed by atoms with Crippen LogP contribution in [0.2, 0.25) is 0 Å². The van der Waals surface area contributed by atoms with Crippen LogP contribution in [0.3, 0.4) is 0 Å². The van der Waals surface area contributed by atoms with E-state index in [-0.39, 0.29) is 5.97 Å². The Morgan fingerprint density at radius 2 is 2.43 bits per heavy atom. The topological polar surface area (TPSA) is 35.5 Å². The van der Waals surface area contributed by atoms with Crippen molar-refractivity contribution in [1.29, 1.82) is 0 Å². The second kappa shape index (κ2) is 4.81. The highest BCUT2D eigenvalue weighted by molar-refractivity contribution is 7.14. The van der Waals surface area contributed by atoms with E-state index in [9.17, 15) is 4.79 Å². The minimum Gasteiger partial charge on any atom is -0.488 e. The van der Waals surface area contributed by atoms with Gasteiger partial charge in [0.25, 0.3) is 0 Å². The lowest BCUT2D eigenvalue weighted by Gasteiger charge is -2.02. The largest absolute Gasteiger partial charge is 0.488 e. The van der Waals surface area contributed by atoms with Gasteiger partial charge in [0.1, 0.15) is 12.4 Å². The number of methoxy groups -OCH3 is 1. The highest BCUT2D eigenvalue weighted by Crippen LogP contribution is 2.29. The number of thiophene rings is 1. The fourth-order valence-corrected chi connectivity index (χ4v) is 1.85. The van der Waals surface area contributed by atoms with Crippen molar-refractivity contribution in [1.82, 2.24) is 0 Å². The summed E-state index contributed by atoms with van der Waals surface area (Å²) in [5.41, 5.74) is 0. The highest BCUT2D eigenvalue weighted by Gasteiger charge is 2.16. The van der Waals surface area contributed by atoms with Gasteiger partial charge in [-0.15, -0.1) is 11.3 Å². The molecule has 0 aliphatic heterocycles. The van der Waals surface area contributed by atoms with Gasteiger partial charge in [-0.25, -0.2) is 4.79 Å². The Kier molecular flexibility index (Phi) is 3.71. The summed E-state index contributed by atoms with van der Waals surface area (Å²) in [4.78, 5) is 12.8. The van der Waals surface area contributed by atoms with Gasteiger partial charge in [0, 0.05) is 4.88 Å². The lowest BCUT2D eigenvalue weighted by atomic mass is 10.4. The molecule has 1 aromatic rings. The molecule has 0 aliphatic rings. The van der Waals surface area contributed by atoms with Crippen LogP contribution in [0.5, 0.6) is 5.75 Å². The first-order chi connectivity index (χ1) is 6.69. The Bertz CT molecular complexity index is 341. The highest BCUT2D eigenvalue weighted by atomic mass is 32.1. The second-order valence-electron chi connectivity index (χ2n) is 2.64. The number of carbonyl (C=O) groups excluding carboxylic acids is 1. The van der Waals surface area contributed by atoms with E-state index in [2.05, 4.69) is 11.3 Å². The maximum atomic E-state index is 11.3. The van der Waals surface area contributed by atoms with E-state index in [0.717, 1.165) is 4.88 Å². The van der Waals surface area contributed by atoms with Crippen molar-refractivity contribution in [3.05, 3.63) is 28.5 Å². The summed E-state index contributed by atoms with van der Waals surface area (Å²) in [7, 11) is 1.36. The molecule has 14 heavy (non-hydrogen) atoms. The number of rotatable bonds is 4. The Labute approximate surface area is 87.0 Å². The maximum absolute atomic E-state index is 11.3. The van der Waals surface area contributed by atoms with E-state index in [1.54, 1.807) is 6.08 Å². The van der Waals surface area contributed by atoms with E-state index in [1.165, 1.54) is 18.4 Å². The van der Waals surface area contributed by atoms with Crippen LogP contribution >= 0.6 is 11.3 Å². The predicted octanol–water partition coefficient (Wildman–Crippen LogP) is 2.41. The molecule has 0 radical (unpaired) electrons. The molecule has 1 heterocycles. The normalized spacial score (nSPS) is 9.57. The number of hydrogen-bond donors (Lipinski definition) is 0. The summed E-state index contributed by atoms with van der Waals surface area (Å²) in [6.45, 7) is 5.84. The van der Waals surface area contributed by atoms with Crippen molar-refractivity contribution in [2.75, 3.05) is 13.7 Å². The van der Waals surface area contributed by atoms with Crippen LogP contribution in [0.1, 0.15) is 14.5 Å². The van der Waals surface area contributed by atoms with Crippen LogP contribution in [0.4, 0.5) is 0 Å². The molecule has 0 spiro atoms. The van der Waals surface area contributed by atoms with Crippen LogP contribution in [-0.4, -0.2) is 19.7 Å². The van der Waals surface area contributed by atoms with Crippen LogP contribution in [0.25, 0.3) is 0 Å². The molecular weight excluding hydrogens is 200 g/mol. The minimum atomic E-state index is -0.359. The molecule has 0 aliphatic carbocycles. The summed E-state index contributed by atoms with van der Waals surface area (Å²) in [5, 5.41) is 0. The fraction of sp³-hybridized carbons (Fsp3) is 0.300. The third-order valence-electron chi connectivity index (χ3n) is 1.55. The van der Waals surface area contributed by atoms with Gasteiger partial charge in [0.15, 0.2) is 4.88 Å². The molecule has 4 heteroatoms. The Morgan fingerprint density at radius 1 is 1.71 bits per heavy atom. The van der Waals surface area contributed by atoms with Crippen LogP contribution in [0.15, 0.2) is 18.7 Å². The van der Waals surface area contributed by atoms with Gasteiger partial charge in [-0.3, -0.25) is 0 Å². The Hall–Kier alpha value is -1.29. The van der Waals surface area contributed by atoms with E-state index in [1.807, 2.05) is 13.0 Å². The molecule has 0 atom stereocenters. The van der Waals surface area contributed by atoms with Crippen molar-refractivity contribution < 1.29 is 14.3 Å². The number of esters is 1. The molecule has 76 valence electrons. The molecule has 0 bridgehead atoms. The van der Waals surface area contributed by atoms with Gasteiger partial charge >= 0.3 is 5.97 Å².